The van der Waals surface area contributed by atoms with Gasteiger partial charge in [0.1, 0.15) is 0 Å². The molecule has 0 bridgehead atoms. The zero-order valence-electron chi connectivity index (χ0n) is 17.8. The van der Waals surface area contributed by atoms with Crippen molar-refractivity contribution >= 4 is 25.8 Å². The Bertz CT molecular complexity index is 1050. The number of hydrogen-bond acceptors (Lipinski definition) is 7. The number of ether oxygens (including phenoxy) is 1. The summed E-state index contributed by atoms with van der Waals surface area (Å²) in [6.07, 6.45) is 3.59. The van der Waals surface area contributed by atoms with Crippen LogP contribution in [0, 0.1) is 0 Å². The molecule has 2 saturated heterocycles. The van der Waals surface area contributed by atoms with Crippen LogP contribution in [0.2, 0.25) is 0 Å². The number of aryl methyl sites for hydroxylation is 2. The third-order valence-corrected chi connectivity index (χ3v) is 10.7. The Balaban J connectivity index is 1.56. The molecule has 2 aliphatic heterocycles. The number of carbonyl (C=O) groups excluding carboxylic acids is 1. The highest BCUT2D eigenvalue weighted by atomic mass is 32.2. The molecule has 1 aromatic carbocycles. The number of nitrogens with zero attached hydrogens (tertiary/aromatic N) is 2. The molecule has 3 aliphatic rings. The van der Waals surface area contributed by atoms with Crippen LogP contribution in [-0.4, -0.2) is 88.3 Å². The minimum Gasteiger partial charge on any atom is -0.450 e. The maximum atomic E-state index is 13.5. The Kier molecular flexibility index (Phi) is 6.33. The summed E-state index contributed by atoms with van der Waals surface area (Å²) in [7, 11) is -7.27. The second-order valence-electron chi connectivity index (χ2n) is 8.59. The molecular weight excluding hydrogens is 440 g/mol. The van der Waals surface area contributed by atoms with Crippen molar-refractivity contribution in [3.8, 4) is 0 Å². The third-order valence-electron chi connectivity index (χ3n) is 6.63. The Hall–Kier alpha value is -1.65. The van der Waals surface area contributed by atoms with Crippen LogP contribution in [0.5, 0.6) is 0 Å². The van der Waals surface area contributed by atoms with Crippen molar-refractivity contribution < 1.29 is 26.4 Å². The SMILES string of the molecule is CCOC(=O)N1CCN([C@H]2CS(=O)(=O)C[C@@H]2S(=O)(=O)c2ccc3c(c2)CCCC3)CC1. The topological polar surface area (TPSA) is 101 Å². The highest BCUT2D eigenvalue weighted by Gasteiger charge is 2.48. The molecule has 0 saturated carbocycles. The molecule has 1 aliphatic carbocycles. The summed E-state index contributed by atoms with van der Waals surface area (Å²) >= 11 is 0. The standard InChI is InChI=1S/C21H30N2O6S2/c1-2-29-21(24)23-11-9-22(10-12-23)19-14-30(25,26)15-20(19)31(27,28)18-8-7-16-5-3-4-6-17(16)13-18/h7-8,13,19-20H,2-6,9-12,14-15H2,1H3/t19-,20-/m0/s1. The number of rotatable bonds is 4. The zero-order valence-corrected chi connectivity index (χ0v) is 19.5. The molecule has 2 fully saturated rings. The minimum atomic E-state index is -3.81. The van der Waals surface area contributed by atoms with Crippen molar-refractivity contribution in [3.63, 3.8) is 0 Å². The van der Waals surface area contributed by atoms with Gasteiger partial charge in [0.25, 0.3) is 0 Å². The summed E-state index contributed by atoms with van der Waals surface area (Å²) < 4.78 is 57.1. The number of carbonyl (C=O) groups is 1. The van der Waals surface area contributed by atoms with Gasteiger partial charge >= 0.3 is 6.09 Å². The minimum absolute atomic E-state index is 0.165. The highest BCUT2D eigenvalue weighted by Crippen LogP contribution is 2.32. The van der Waals surface area contributed by atoms with E-state index in [1.165, 1.54) is 5.56 Å². The van der Waals surface area contributed by atoms with Crippen molar-refractivity contribution in [2.75, 3.05) is 44.3 Å². The maximum Gasteiger partial charge on any atom is 0.409 e. The monoisotopic (exact) mass is 470 g/mol. The first kappa shape index (κ1) is 22.5. The lowest BCUT2D eigenvalue weighted by Gasteiger charge is -2.38. The quantitative estimate of drug-likeness (QED) is 0.653. The van der Waals surface area contributed by atoms with Crippen molar-refractivity contribution in [2.45, 2.75) is 48.8 Å². The second-order valence-corrected chi connectivity index (χ2v) is 12.9. The third kappa shape index (κ3) is 4.61. The Morgan fingerprint density at radius 1 is 1.06 bits per heavy atom. The molecule has 31 heavy (non-hydrogen) atoms. The average Bonchev–Trinajstić information content (AvgIpc) is 3.10. The molecule has 2 atom stereocenters. The van der Waals surface area contributed by atoms with E-state index in [2.05, 4.69) is 0 Å². The van der Waals surface area contributed by atoms with Crippen LogP contribution in [-0.2, 0) is 37.3 Å². The summed E-state index contributed by atoms with van der Waals surface area (Å²) in [5, 5.41) is -0.992. The van der Waals surface area contributed by atoms with Gasteiger partial charge < -0.3 is 9.64 Å². The summed E-state index contributed by atoms with van der Waals surface area (Å²) in [6.45, 7) is 3.67. The van der Waals surface area contributed by atoms with E-state index in [1.54, 1.807) is 24.0 Å². The molecule has 1 amide bonds. The molecule has 0 aromatic heterocycles. The number of sulfone groups is 2. The molecule has 0 unspecified atom stereocenters. The largest absolute Gasteiger partial charge is 0.450 e. The van der Waals surface area contributed by atoms with E-state index in [9.17, 15) is 21.6 Å². The van der Waals surface area contributed by atoms with E-state index in [4.69, 9.17) is 4.74 Å². The van der Waals surface area contributed by atoms with Crippen LogP contribution in [0.4, 0.5) is 4.79 Å². The lowest BCUT2D eigenvalue weighted by atomic mass is 9.92. The molecular formula is C21H30N2O6S2. The number of amides is 1. The van der Waals surface area contributed by atoms with Gasteiger partial charge in [-0.1, -0.05) is 6.07 Å². The molecule has 0 spiro atoms. The van der Waals surface area contributed by atoms with Crippen LogP contribution in [0.15, 0.2) is 23.1 Å². The van der Waals surface area contributed by atoms with Gasteiger partial charge in [0.15, 0.2) is 19.7 Å². The fourth-order valence-electron chi connectivity index (χ4n) is 4.95. The van der Waals surface area contributed by atoms with Crippen LogP contribution >= 0.6 is 0 Å². The second kappa shape index (κ2) is 8.71. The van der Waals surface area contributed by atoms with Gasteiger partial charge in [0.2, 0.25) is 0 Å². The van der Waals surface area contributed by atoms with E-state index in [0.29, 0.717) is 32.8 Å². The van der Waals surface area contributed by atoms with Crippen molar-refractivity contribution in [1.29, 1.82) is 0 Å². The molecule has 1 aromatic rings. The number of benzene rings is 1. The van der Waals surface area contributed by atoms with Crippen molar-refractivity contribution in [3.05, 3.63) is 29.3 Å². The van der Waals surface area contributed by atoms with Gasteiger partial charge in [-0.3, -0.25) is 4.90 Å². The summed E-state index contributed by atoms with van der Waals surface area (Å²) in [5.74, 6) is -0.517. The van der Waals surface area contributed by atoms with Gasteiger partial charge in [0.05, 0.1) is 28.3 Å². The first-order valence-electron chi connectivity index (χ1n) is 10.9. The Morgan fingerprint density at radius 2 is 1.74 bits per heavy atom. The lowest BCUT2D eigenvalue weighted by molar-refractivity contribution is 0.0700. The average molecular weight is 471 g/mol. The predicted molar refractivity (Wildman–Crippen MR) is 117 cm³/mol. The first-order valence-corrected chi connectivity index (χ1v) is 14.3. The van der Waals surface area contributed by atoms with Gasteiger partial charge in [-0.25, -0.2) is 21.6 Å². The smallest absolute Gasteiger partial charge is 0.409 e. The van der Waals surface area contributed by atoms with E-state index >= 15 is 0 Å². The van der Waals surface area contributed by atoms with E-state index in [-0.39, 0.29) is 22.5 Å². The zero-order chi connectivity index (χ0) is 22.2. The van der Waals surface area contributed by atoms with Crippen LogP contribution < -0.4 is 0 Å². The predicted octanol–water partition coefficient (Wildman–Crippen LogP) is 1.28. The number of piperazine rings is 1. The molecule has 4 rings (SSSR count). The Morgan fingerprint density at radius 3 is 2.42 bits per heavy atom. The fourth-order valence-corrected chi connectivity index (χ4v) is 9.82. The number of fused-ring (bicyclic) bond motifs is 1. The molecule has 2 heterocycles. The summed E-state index contributed by atoms with van der Waals surface area (Å²) in [5.41, 5.74) is 2.25. The van der Waals surface area contributed by atoms with Gasteiger partial charge in [-0.05, 0) is 55.9 Å². The van der Waals surface area contributed by atoms with Crippen LogP contribution in [0.25, 0.3) is 0 Å². The normalized spacial score (nSPS) is 26.4. The van der Waals surface area contributed by atoms with E-state index in [0.717, 1.165) is 31.2 Å². The Labute approximate surface area is 184 Å². The number of hydrogen-bond donors (Lipinski definition) is 0. The van der Waals surface area contributed by atoms with Crippen LogP contribution in [0.1, 0.15) is 30.9 Å². The van der Waals surface area contributed by atoms with E-state index < -0.39 is 31.0 Å². The molecule has 10 heteroatoms. The van der Waals surface area contributed by atoms with E-state index in [1.807, 2.05) is 11.0 Å². The van der Waals surface area contributed by atoms with Gasteiger partial charge in [0, 0.05) is 32.2 Å². The molecule has 8 nitrogen and oxygen atoms in total. The van der Waals surface area contributed by atoms with Gasteiger partial charge in [-0.2, -0.15) is 0 Å². The fraction of sp³-hybridized carbons (Fsp3) is 0.667. The maximum absolute atomic E-state index is 13.5. The highest BCUT2D eigenvalue weighted by molar-refractivity contribution is 7.96. The summed E-state index contributed by atoms with van der Waals surface area (Å²) in [6, 6.07) is 4.68. The van der Waals surface area contributed by atoms with Crippen LogP contribution in [0.3, 0.4) is 0 Å². The van der Waals surface area contributed by atoms with Crippen molar-refractivity contribution in [2.24, 2.45) is 0 Å². The van der Waals surface area contributed by atoms with Gasteiger partial charge in [-0.15, -0.1) is 0 Å². The molecule has 0 radical (unpaired) electrons. The molecule has 0 N–H and O–H groups in total. The van der Waals surface area contributed by atoms with Crippen molar-refractivity contribution in [1.82, 2.24) is 9.80 Å². The first-order chi connectivity index (χ1) is 14.7. The lowest BCUT2D eigenvalue weighted by Crippen LogP contribution is -2.55. The molecule has 172 valence electrons. The summed E-state index contributed by atoms with van der Waals surface area (Å²) in [4.78, 5) is 15.7.